The maximum atomic E-state index is 13.1. The summed E-state index contributed by atoms with van der Waals surface area (Å²) >= 11 is 0. The molecule has 58 heavy (non-hydrogen) atoms. The number of rotatable bonds is 45. The van der Waals surface area contributed by atoms with Gasteiger partial charge in [0.2, 0.25) is 11.8 Å². The van der Waals surface area contributed by atoms with Crippen LogP contribution in [-0.2, 0) is 28.7 Å². The number of carbonyl (C=O) groups excluding carboxylic acids is 4. The number of nitrogens with zero attached hydrogens (tertiary/aromatic N) is 1. The van der Waals surface area contributed by atoms with Crippen LogP contribution in [0.15, 0.2) is 0 Å². The molecule has 0 rings (SSSR count). The zero-order valence-electron chi connectivity index (χ0n) is 39.0. The van der Waals surface area contributed by atoms with Crippen molar-refractivity contribution >= 4 is 23.8 Å². The van der Waals surface area contributed by atoms with Crippen LogP contribution in [0.2, 0.25) is 0 Å². The molecular formula is C50H96N2O6. The highest BCUT2D eigenvalue weighted by Crippen LogP contribution is 2.16. The maximum absolute atomic E-state index is 13.1. The fourth-order valence-corrected chi connectivity index (χ4v) is 7.53. The van der Waals surface area contributed by atoms with Crippen molar-refractivity contribution < 1.29 is 28.7 Å². The van der Waals surface area contributed by atoms with Crippen LogP contribution in [0.3, 0.4) is 0 Å². The first-order valence-corrected chi connectivity index (χ1v) is 25.2. The molecule has 8 heteroatoms. The highest BCUT2D eigenvalue weighted by molar-refractivity contribution is 5.83. The minimum atomic E-state index is -0.238. The molecule has 0 aromatic heterocycles. The second-order valence-corrected chi connectivity index (χ2v) is 17.6. The Kier molecular flexibility index (Phi) is 42.8. The summed E-state index contributed by atoms with van der Waals surface area (Å²) in [6, 6.07) is 0. The molecule has 8 nitrogen and oxygen atoms in total. The molecule has 0 saturated carbocycles. The van der Waals surface area contributed by atoms with Gasteiger partial charge in [0.15, 0.2) is 0 Å². The molecule has 0 spiro atoms. The van der Waals surface area contributed by atoms with Gasteiger partial charge >= 0.3 is 11.9 Å². The first-order valence-electron chi connectivity index (χ1n) is 25.2. The number of hydrogen-bond acceptors (Lipinski definition) is 6. The highest BCUT2D eigenvalue weighted by Gasteiger charge is 2.17. The summed E-state index contributed by atoms with van der Waals surface area (Å²) in [6.45, 7) is 10.1. The van der Waals surface area contributed by atoms with E-state index in [1.165, 1.54) is 154 Å². The molecule has 0 aliphatic carbocycles. The summed E-state index contributed by atoms with van der Waals surface area (Å²) in [4.78, 5) is 52.0. The second-order valence-electron chi connectivity index (χ2n) is 17.6. The fraction of sp³-hybridized carbons (Fsp3) is 0.920. The van der Waals surface area contributed by atoms with Crippen molar-refractivity contribution in [2.24, 2.45) is 5.92 Å². The lowest BCUT2D eigenvalue weighted by atomic mass is 10.0. The van der Waals surface area contributed by atoms with Gasteiger partial charge in [0.25, 0.3) is 0 Å². The van der Waals surface area contributed by atoms with E-state index >= 15 is 0 Å². The first-order chi connectivity index (χ1) is 28.3. The summed E-state index contributed by atoms with van der Waals surface area (Å²) in [5.41, 5.74) is 0. The van der Waals surface area contributed by atoms with Crippen molar-refractivity contribution in [1.29, 1.82) is 0 Å². The fourth-order valence-electron chi connectivity index (χ4n) is 7.53. The Morgan fingerprint density at radius 1 is 0.431 bits per heavy atom. The van der Waals surface area contributed by atoms with Crippen LogP contribution >= 0.6 is 0 Å². The van der Waals surface area contributed by atoms with Crippen LogP contribution in [-0.4, -0.2) is 61.5 Å². The van der Waals surface area contributed by atoms with Gasteiger partial charge < -0.3 is 19.7 Å². The van der Waals surface area contributed by atoms with Gasteiger partial charge in [-0.05, 0) is 31.6 Å². The molecule has 0 aliphatic rings. The monoisotopic (exact) mass is 821 g/mol. The molecule has 0 aromatic rings. The van der Waals surface area contributed by atoms with E-state index in [1.807, 2.05) is 0 Å². The summed E-state index contributed by atoms with van der Waals surface area (Å²) in [5, 5.41) is 2.91. The van der Waals surface area contributed by atoms with E-state index in [-0.39, 0.29) is 62.9 Å². The summed E-state index contributed by atoms with van der Waals surface area (Å²) in [7, 11) is 0. The molecule has 1 N–H and O–H groups in total. The molecule has 0 radical (unpaired) electrons. The number of carbonyl (C=O) groups is 4. The molecule has 0 saturated heterocycles. The van der Waals surface area contributed by atoms with Gasteiger partial charge in [0.05, 0.1) is 13.1 Å². The number of hydrogen-bond donors (Lipinski definition) is 1. The van der Waals surface area contributed by atoms with E-state index in [0.29, 0.717) is 25.3 Å². The van der Waals surface area contributed by atoms with Crippen LogP contribution < -0.4 is 5.32 Å². The Morgan fingerprint density at radius 3 is 1.09 bits per heavy atom. The van der Waals surface area contributed by atoms with E-state index in [1.54, 1.807) is 4.90 Å². The standard InChI is InChI=1S/C50H96N2O6/c1-5-7-9-11-13-15-17-19-21-23-25-27-29-31-33-37-49(55)57-44-42-52(48(54)40-39-47(53)51-41-35-36-46(3)4)43-45-58-50(56)38-34-32-30-28-26-24-22-20-18-16-14-12-10-8-6-2/h46H,5-45H2,1-4H3,(H,51,53). The number of amides is 2. The van der Waals surface area contributed by atoms with Gasteiger partial charge in [-0.3, -0.25) is 19.2 Å². The molecule has 0 bridgehead atoms. The van der Waals surface area contributed by atoms with Crippen molar-refractivity contribution in [1.82, 2.24) is 10.2 Å². The van der Waals surface area contributed by atoms with Crippen LogP contribution in [0.5, 0.6) is 0 Å². The average molecular weight is 821 g/mol. The number of unbranched alkanes of at least 4 members (excludes halogenated alkanes) is 28. The van der Waals surface area contributed by atoms with Crippen LogP contribution in [0, 0.1) is 5.92 Å². The average Bonchev–Trinajstić information content (AvgIpc) is 3.20. The van der Waals surface area contributed by atoms with Crippen molar-refractivity contribution in [3.63, 3.8) is 0 Å². The number of esters is 2. The van der Waals surface area contributed by atoms with Gasteiger partial charge in [-0.1, -0.05) is 207 Å². The zero-order valence-corrected chi connectivity index (χ0v) is 39.0. The first kappa shape index (κ1) is 55.9. The molecule has 342 valence electrons. The molecule has 0 atom stereocenters. The summed E-state index contributed by atoms with van der Waals surface area (Å²) in [6.07, 6.45) is 41.3. The third-order valence-corrected chi connectivity index (χ3v) is 11.4. The minimum Gasteiger partial charge on any atom is -0.464 e. The van der Waals surface area contributed by atoms with Crippen molar-refractivity contribution in [3.8, 4) is 0 Å². The Labute approximate surface area is 359 Å². The van der Waals surface area contributed by atoms with Crippen LogP contribution in [0.25, 0.3) is 0 Å². The number of ether oxygens (including phenoxy) is 2. The summed E-state index contributed by atoms with van der Waals surface area (Å²) in [5.74, 6) is -0.227. The van der Waals surface area contributed by atoms with Crippen LogP contribution in [0.4, 0.5) is 0 Å². The Bertz CT molecular complexity index is 889. The predicted octanol–water partition coefficient (Wildman–Crippen LogP) is 13.8. The normalized spacial score (nSPS) is 11.3. The Balaban J connectivity index is 4.26. The second kappa shape index (κ2) is 44.4. The molecule has 0 unspecified atom stereocenters. The molecule has 0 heterocycles. The maximum Gasteiger partial charge on any atom is 0.305 e. The smallest absolute Gasteiger partial charge is 0.305 e. The van der Waals surface area contributed by atoms with Crippen molar-refractivity contribution in [3.05, 3.63) is 0 Å². The molecule has 0 fully saturated rings. The predicted molar refractivity (Wildman–Crippen MR) is 244 cm³/mol. The van der Waals surface area contributed by atoms with E-state index in [9.17, 15) is 19.2 Å². The van der Waals surface area contributed by atoms with E-state index in [4.69, 9.17) is 9.47 Å². The largest absolute Gasteiger partial charge is 0.464 e. The highest BCUT2D eigenvalue weighted by atomic mass is 16.5. The molecule has 2 amide bonds. The number of nitrogens with one attached hydrogen (secondary N) is 1. The molecule has 0 aromatic carbocycles. The van der Waals surface area contributed by atoms with Crippen LogP contribution in [0.1, 0.15) is 259 Å². The zero-order chi connectivity index (χ0) is 42.6. The Morgan fingerprint density at radius 2 is 0.759 bits per heavy atom. The van der Waals surface area contributed by atoms with Gasteiger partial charge in [-0.25, -0.2) is 0 Å². The lowest BCUT2D eigenvalue weighted by Gasteiger charge is -2.22. The van der Waals surface area contributed by atoms with Gasteiger partial charge in [-0.2, -0.15) is 0 Å². The SMILES string of the molecule is CCCCCCCCCCCCCCCCCC(=O)OCCN(CCOC(=O)CCCCCCCCCCCCCCCCC)C(=O)CCC(=O)NCCCC(C)C. The summed E-state index contributed by atoms with van der Waals surface area (Å²) < 4.78 is 11.0. The third kappa shape index (κ3) is 42.0. The minimum absolute atomic E-state index is 0.0656. The molecule has 0 aliphatic heterocycles. The van der Waals surface area contributed by atoms with Crippen molar-refractivity contribution in [2.45, 2.75) is 259 Å². The van der Waals surface area contributed by atoms with E-state index in [0.717, 1.165) is 51.4 Å². The van der Waals surface area contributed by atoms with E-state index < -0.39 is 0 Å². The Hall–Kier alpha value is -2.12. The molecular weight excluding hydrogens is 725 g/mol. The van der Waals surface area contributed by atoms with Gasteiger partial charge in [0.1, 0.15) is 13.2 Å². The quantitative estimate of drug-likeness (QED) is 0.0485. The van der Waals surface area contributed by atoms with Gasteiger partial charge in [-0.15, -0.1) is 0 Å². The van der Waals surface area contributed by atoms with Crippen molar-refractivity contribution in [2.75, 3.05) is 32.8 Å². The topological polar surface area (TPSA) is 102 Å². The van der Waals surface area contributed by atoms with E-state index in [2.05, 4.69) is 33.0 Å². The third-order valence-electron chi connectivity index (χ3n) is 11.4. The van der Waals surface area contributed by atoms with Gasteiger partial charge in [0, 0.05) is 32.2 Å². The lowest BCUT2D eigenvalue weighted by molar-refractivity contribution is -0.147. The lowest BCUT2D eigenvalue weighted by Crippen LogP contribution is -2.38.